The van der Waals surface area contributed by atoms with E-state index in [0.29, 0.717) is 23.4 Å². The van der Waals surface area contributed by atoms with Gasteiger partial charge in [-0.1, -0.05) is 11.8 Å². The molecule has 0 aromatic carbocycles. The van der Waals surface area contributed by atoms with Gasteiger partial charge in [0.15, 0.2) is 5.16 Å². The third-order valence-corrected chi connectivity index (χ3v) is 4.39. The summed E-state index contributed by atoms with van der Waals surface area (Å²) in [5, 5.41) is 17.0. The topological polar surface area (TPSA) is 91.8 Å². The molecule has 3 aromatic heterocycles. The van der Waals surface area contributed by atoms with Crippen molar-refractivity contribution in [3.8, 4) is 11.6 Å². The van der Waals surface area contributed by atoms with Crippen molar-refractivity contribution in [1.82, 2.24) is 29.9 Å². The molecule has 118 valence electrons. The third-order valence-electron chi connectivity index (χ3n) is 3.46. The third kappa shape index (κ3) is 3.04. The van der Waals surface area contributed by atoms with E-state index in [2.05, 4.69) is 25.4 Å². The van der Waals surface area contributed by atoms with Crippen LogP contribution >= 0.6 is 11.8 Å². The number of aromatic nitrogens is 6. The molecule has 9 heteroatoms. The first kappa shape index (κ1) is 14.2. The fourth-order valence-electron chi connectivity index (χ4n) is 2.08. The first-order valence-electron chi connectivity index (χ1n) is 7.19. The SMILES string of the molecule is COc1ccc(-n2cnnc2SCc2nnc(C3CC3)o2)cn1. The van der Waals surface area contributed by atoms with Crippen molar-refractivity contribution in [2.45, 2.75) is 29.7 Å². The number of ether oxygens (including phenoxy) is 1. The van der Waals surface area contributed by atoms with E-state index < -0.39 is 0 Å². The van der Waals surface area contributed by atoms with E-state index in [0.717, 1.165) is 29.6 Å². The summed E-state index contributed by atoms with van der Waals surface area (Å²) < 4.78 is 12.6. The Kier molecular flexibility index (Phi) is 3.70. The highest BCUT2D eigenvalue weighted by Crippen LogP contribution is 2.39. The van der Waals surface area contributed by atoms with E-state index >= 15 is 0 Å². The molecule has 1 fully saturated rings. The zero-order valence-electron chi connectivity index (χ0n) is 12.4. The zero-order valence-corrected chi connectivity index (χ0v) is 13.2. The summed E-state index contributed by atoms with van der Waals surface area (Å²) in [5.41, 5.74) is 0.863. The predicted octanol–water partition coefficient (Wildman–Crippen LogP) is 2.22. The van der Waals surface area contributed by atoms with Crippen LogP contribution in [-0.2, 0) is 5.75 Å². The summed E-state index contributed by atoms with van der Waals surface area (Å²) in [5.74, 6) is 2.95. The van der Waals surface area contributed by atoms with Crippen LogP contribution in [0.1, 0.15) is 30.5 Å². The Labute approximate surface area is 136 Å². The largest absolute Gasteiger partial charge is 0.481 e. The Morgan fingerprint density at radius 2 is 2.22 bits per heavy atom. The highest BCUT2D eigenvalue weighted by atomic mass is 32.2. The summed E-state index contributed by atoms with van der Waals surface area (Å²) in [6.45, 7) is 0. The van der Waals surface area contributed by atoms with Crippen LogP contribution in [0.25, 0.3) is 5.69 Å². The van der Waals surface area contributed by atoms with Crippen LogP contribution in [0.3, 0.4) is 0 Å². The summed E-state index contributed by atoms with van der Waals surface area (Å²) in [6, 6.07) is 3.70. The normalized spacial score (nSPS) is 14.1. The molecule has 0 N–H and O–H groups in total. The van der Waals surface area contributed by atoms with Gasteiger partial charge in [-0.05, 0) is 18.9 Å². The van der Waals surface area contributed by atoms with Gasteiger partial charge in [0.25, 0.3) is 0 Å². The van der Waals surface area contributed by atoms with Crippen molar-refractivity contribution in [3.63, 3.8) is 0 Å². The molecule has 0 atom stereocenters. The highest BCUT2D eigenvalue weighted by Gasteiger charge is 2.29. The smallest absolute Gasteiger partial charge is 0.226 e. The summed E-state index contributed by atoms with van der Waals surface area (Å²) in [6.07, 6.45) is 5.65. The van der Waals surface area contributed by atoms with Gasteiger partial charge in [0.1, 0.15) is 6.33 Å². The van der Waals surface area contributed by atoms with Crippen LogP contribution < -0.4 is 4.74 Å². The van der Waals surface area contributed by atoms with Gasteiger partial charge < -0.3 is 9.15 Å². The second kappa shape index (κ2) is 5.99. The molecule has 0 spiro atoms. The Morgan fingerprint density at radius 1 is 1.30 bits per heavy atom. The van der Waals surface area contributed by atoms with Gasteiger partial charge in [0.2, 0.25) is 17.7 Å². The average Bonchev–Trinajstić information content (AvgIpc) is 3.15. The molecular weight excluding hydrogens is 316 g/mol. The Bertz CT molecular complexity index is 796. The lowest BCUT2D eigenvalue weighted by atomic mass is 10.4. The molecule has 8 nitrogen and oxygen atoms in total. The quantitative estimate of drug-likeness (QED) is 0.635. The maximum Gasteiger partial charge on any atom is 0.226 e. The van der Waals surface area contributed by atoms with Crippen molar-refractivity contribution in [3.05, 3.63) is 36.4 Å². The zero-order chi connectivity index (χ0) is 15.6. The van der Waals surface area contributed by atoms with Crippen molar-refractivity contribution in [1.29, 1.82) is 0 Å². The van der Waals surface area contributed by atoms with Crippen LogP contribution in [-0.4, -0.2) is 37.1 Å². The summed E-state index contributed by atoms with van der Waals surface area (Å²) in [7, 11) is 1.59. The van der Waals surface area contributed by atoms with Crippen LogP contribution in [0, 0.1) is 0 Å². The van der Waals surface area contributed by atoms with Gasteiger partial charge in [-0.25, -0.2) is 4.98 Å². The van der Waals surface area contributed by atoms with Crippen molar-refractivity contribution < 1.29 is 9.15 Å². The van der Waals surface area contributed by atoms with E-state index in [1.807, 2.05) is 10.6 Å². The van der Waals surface area contributed by atoms with Gasteiger partial charge >= 0.3 is 0 Å². The lowest BCUT2D eigenvalue weighted by molar-refractivity contribution is 0.397. The van der Waals surface area contributed by atoms with E-state index in [1.165, 1.54) is 11.8 Å². The van der Waals surface area contributed by atoms with Gasteiger partial charge in [0, 0.05) is 12.0 Å². The first-order chi connectivity index (χ1) is 11.3. The van der Waals surface area contributed by atoms with E-state index in [4.69, 9.17) is 9.15 Å². The lowest BCUT2D eigenvalue weighted by Crippen LogP contribution is -1.97. The van der Waals surface area contributed by atoms with E-state index in [-0.39, 0.29) is 0 Å². The molecule has 1 aliphatic carbocycles. The van der Waals surface area contributed by atoms with Crippen molar-refractivity contribution >= 4 is 11.8 Å². The second-order valence-corrected chi connectivity index (χ2v) is 6.08. The van der Waals surface area contributed by atoms with Crippen LogP contribution in [0.4, 0.5) is 0 Å². The predicted molar refractivity (Wildman–Crippen MR) is 81.5 cm³/mol. The monoisotopic (exact) mass is 330 g/mol. The number of hydrogen-bond donors (Lipinski definition) is 0. The molecule has 4 rings (SSSR count). The molecule has 0 amide bonds. The highest BCUT2D eigenvalue weighted by molar-refractivity contribution is 7.98. The minimum absolute atomic E-state index is 0.468. The average molecular weight is 330 g/mol. The van der Waals surface area contributed by atoms with E-state index in [9.17, 15) is 0 Å². The number of nitrogens with zero attached hydrogens (tertiary/aromatic N) is 6. The van der Waals surface area contributed by atoms with Gasteiger partial charge in [-0.3, -0.25) is 4.57 Å². The molecule has 23 heavy (non-hydrogen) atoms. The van der Waals surface area contributed by atoms with Crippen molar-refractivity contribution in [2.75, 3.05) is 7.11 Å². The van der Waals surface area contributed by atoms with Crippen LogP contribution in [0.5, 0.6) is 5.88 Å². The molecule has 0 bridgehead atoms. The standard InChI is InChI=1S/C14H14N6O2S/c1-21-11-5-4-10(6-15-11)20-8-16-19-14(20)23-7-12-17-18-13(22-12)9-2-3-9/h4-6,8-9H,2-3,7H2,1H3. The van der Waals surface area contributed by atoms with Crippen LogP contribution in [0.15, 0.2) is 34.2 Å². The number of methoxy groups -OCH3 is 1. The van der Waals surface area contributed by atoms with Crippen molar-refractivity contribution in [2.24, 2.45) is 0 Å². The molecule has 0 radical (unpaired) electrons. The molecular formula is C14H14N6O2S. The Hall–Kier alpha value is -2.42. The van der Waals surface area contributed by atoms with Crippen LogP contribution in [0.2, 0.25) is 0 Å². The fraction of sp³-hybridized carbons (Fsp3) is 0.357. The molecule has 0 aliphatic heterocycles. The number of rotatable bonds is 6. The number of thioether (sulfide) groups is 1. The number of pyridine rings is 1. The number of hydrogen-bond acceptors (Lipinski definition) is 8. The lowest BCUT2D eigenvalue weighted by Gasteiger charge is -2.05. The molecule has 3 heterocycles. The molecule has 1 saturated carbocycles. The summed E-state index contributed by atoms with van der Waals surface area (Å²) >= 11 is 1.49. The van der Waals surface area contributed by atoms with Gasteiger partial charge in [-0.15, -0.1) is 20.4 Å². The Balaban J connectivity index is 1.47. The molecule has 0 saturated heterocycles. The first-order valence-corrected chi connectivity index (χ1v) is 8.17. The van der Waals surface area contributed by atoms with E-state index in [1.54, 1.807) is 25.7 Å². The maximum absolute atomic E-state index is 5.65. The Morgan fingerprint density at radius 3 is 2.96 bits per heavy atom. The summed E-state index contributed by atoms with van der Waals surface area (Å²) in [4.78, 5) is 4.19. The fourth-order valence-corrected chi connectivity index (χ4v) is 2.85. The maximum atomic E-state index is 5.65. The molecule has 0 unspecified atom stereocenters. The molecule has 1 aliphatic rings. The second-order valence-electron chi connectivity index (χ2n) is 5.14. The minimum atomic E-state index is 0.468. The van der Waals surface area contributed by atoms with Gasteiger partial charge in [0.05, 0.1) is 24.7 Å². The molecule has 3 aromatic rings. The van der Waals surface area contributed by atoms with Gasteiger partial charge in [-0.2, -0.15) is 0 Å². The minimum Gasteiger partial charge on any atom is -0.481 e.